The quantitative estimate of drug-likeness (QED) is 0.666. The van der Waals surface area contributed by atoms with Gasteiger partial charge in [0.15, 0.2) is 5.69 Å². The number of carbonyl (C=O) groups is 3. The van der Waals surface area contributed by atoms with Gasteiger partial charge in [-0.2, -0.15) is 5.10 Å². The Hall–Kier alpha value is -3.14. The van der Waals surface area contributed by atoms with Crippen LogP contribution in [0.15, 0.2) is 24.3 Å². The smallest absolute Gasteiger partial charge is 0.318 e. The molecule has 3 aliphatic rings. The monoisotopic (exact) mass is 503 g/mol. The van der Waals surface area contributed by atoms with E-state index in [9.17, 15) is 23.9 Å². The van der Waals surface area contributed by atoms with E-state index in [-0.39, 0.29) is 35.6 Å². The van der Waals surface area contributed by atoms with Gasteiger partial charge in [-0.3, -0.25) is 14.3 Å². The van der Waals surface area contributed by atoms with Crippen LogP contribution in [0.2, 0.25) is 5.02 Å². The van der Waals surface area contributed by atoms with Gasteiger partial charge in [0, 0.05) is 30.2 Å². The maximum atomic E-state index is 13.5. The summed E-state index contributed by atoms with van der Waals surface area (Å²) < 4.78 is 15.3. The van der Waals surface area contributed by atoms with Crippen LogP contribution in [0.5, 0.6) is 0 Å². The molecule has 4 heterocycles. The second-order valence-electron chi connectivity index (χ2n) is 9.56. The molecule has 0 radical (unpaired) electrons. The van der Waals surface area contributed by atoms with Crippen molar-refractivity contribution in [2.45, 2.75) is 63.8 Å². The van der Waals surface area contributed by atoms with Gasteiger partial charge in [-0.1, -0.05) is 11.6 Å². The van der Waals surface area contributed by atoms with Crippen LogP contribution in [0.3, 0.4) is 0 Å². The lowest BCUT2D eigenvalue weighted by atomic mass is 9.78. The van der Waals surface area contributed by atoms with Crippen LogP contribution in [0.4, 0.5) is 9.18 Å². The number of benzene rings is 1. The number of rotatable bonds is 4. The summed E-state index contributed by atoms with van der Waals surface area (Å²) in [5, 5.41) is 17.0. The molecule has 2 atom stereocenters. The van der Waals surface area contributed by atoms with Gasteiger partial charge >= 0.3 is 12.0 Å². The number of amides is 3. The summed E-state index contributed by atoms with van der Waals surface area (Å²) in [4.78, 5) is 41.1. The third-order valence-corrected chi connectivity index (χ3v) is 7.45. The van der Waals surface area contributed by atoms with Crippen molar-refractivity contribution in [3.05, 3.63) is 52.1 Å². The Morgan fingerprint density at radius 1 is 1.11 bits per heavy atom. The summed E-state index contributed by atoms with van der Waals surface area (Å²) in [7, 11) is 0. The lowest BCUT2D eigenvalue weighted by molar-refractivity contribution is -0.145. The number of halogens is 2. The number of aliphatic carboxylic acids is 1. The Morgan fingerprint density at radius 3 is 2.54 bits per heavy atom. The Kier molecular flexibility index (Phi) is 6.39. The molecule has 1 aromatic carbocycles. The molecular weight excluding hydrogens is 477 g/mol. The summed E-state index contributed by atoms with van der Waals surface area (Å²) >= 11 is 5.88. The predicted octanol–water partition coefficient (Wildman–Crippen LogP) is 3.26. The molecule has 186 valence electrons. The van der Waals surface area contributed by atoms with Crippen LogP contribution in [0.25, 0.3) is 0 Å². The molecule has 2 unspecified atom stereocenters. The molecular formula is C24H27ClFN5O4. The second kappa shape index (κ2) is 9.49. The average Bonchev–Trinajstić information content (AvgIpc) is 3.24. The third kappa shape index (κ3) is 4.84. The number of carboxylic acid groups (broad SMARTS) is 1. The molecule has 9 nitrogen and oxygen atoms in total. The first-order valence-corrected chi connectivity index (χ1v) is 12.3. The number of carbonyl (C=O) groups excluding carboxylic acids is 2. The van der Waals surface area contributed by atoms with Gasteiger partial charge in [0.2, 0.25) is 0 Å². The molecule has 0 spiro atoms. The van der Waals surface area contributed by atoms with Crippen molar-refractivity contribution in [1.29, 1.82) is 0 Å². The molecule has 0 aliphatic carbocycles. The van der Waals surface area contributed by atoms with Gasteiger partial charge in [-0.25, -0.2) is 9.18 Å². The molecule has 2 aromatic rings. The summed E-state index contributed by atoms with van der Waals surface area (Å²) in [6, 6.07) is 5.41. The Morgan fingerprint density at radius 2 is 1.86 bits per heavy atom. The van der Waals surface area contributed by atoms with E-state index in [2.05, 4.69) is 10.4 Å². The van der Waals surface area contributed by atoms with E-state index in [1.54, 1.807) is 21.7 Å². The summed E-state index contributed by atoms with van der Waals surface area (Å²) in [5.41, 5.74) is 1.66. The number of hydrogen-bond acceptors (Lipinski definition) is 4. The van der Waals surface area contributed by atoms with Crippen molar-refractivity contribution in [1.82, 2.24) is 24.9 Å². The highest BCUT2D eigenvalue weighted by molar-refractivity contribution is 6.30. The molecule has 5 rings (SSSR count). The van der Waals surface area contributed by atoms with Crippen molar-refractivity contribution < 1.29 is 23.9 Å². The number of nitrogens with one attached hydrogen (secondary N) is 1. The largest absolute Gasteiger partial charge is 0.481 e. The zero-order valence-electron chi connectivity index (χ0n) is 19.1. The van der Waals surface area contributed by atoms with Gasteiger partial charge in [0.1, 0.15) is 5.82 Å². The normalized spacial score (nSPS) is 23.5. The Labute approximate surface area is 206 Å². The van der Waals surface area contributed by atoms with Gasteiger partial charge in [-0.05, 0) is 61.9 Å². The van der Waals surface area contributed by atoms with Gasteiger partial charge in [-0.15, -0.1) is 0 Å². The highest BCUT2D eigenvalue weighted by Crippen LogP contribution is 2.38. The number of piperidine rings is 2. The average molecular weight is 504 g/mol. The fourth-order valence-corrected chi connectivity index (χ4v) is 5.84. The first kappa shape index (κ1) is 23.6. The highest BCUT2D eigenvalue weighted by Gasteiger charge is 2.44. The molecule has 3 aliphatic heterocycles. The van der Waals surface area contributed by atoms with Crippen LogP contribution in [-0.2, 0) is 24.4 Å². The van der Waals surface area contributed by atoms with Crippen LogP contribution >= 0.6 is 11.6 Å². The van der Waals surface area contributed by atoms with Crippen molar-refractivity contribution >= 4 is 29.5 Å². The van der Waals surface area contributed by atoms with E-state index in [0.29, 0.717) is 43.7 Å². The van der Waals surface area contributed by atoms with E-state index >= 15 is 0 Å². The fourth-order valence-electron chi connectivity index (χ4n) is 5.59. The number of carboxylic acids is 1. The topological polar surface area (TPSA) is 108 Å². The molecule has 2 fully saturated rings. The van der Waals surface area contributed by atoms with E-state index in [4.69, 9.17) is 11.6 Å². The minimum absolute atomic E-state index is 0.0755. The molecule has 2 N–H and O–H groups in total. The Balaban J connectivity index is 1.24. The number of aromatic nitrogens is 2. The van der Waals surface area contributed by atoms with E-state index in [1.165, 1.54) is 12.1 Å². The van der Waals surface area contributed by atoms with Crippen LogP contribution in [0, 0.1) is 11.7 Å². The van der Waals surface area contributed by atoms with Crippen molar-refractivity contribution in [2.75, 3.05) is 6.54 Å². The molecule has 1 aromatic heterocycles. The number of nitrogens with zero attached hydrogens (tertiary/aromatic N) is 4. The summed E-state index contributed by atoms with van der Waals surface area (Å²) in [6.45, 7) is 1.32. The maximum Gasteiger partial charge on any atom is 0.318 e. The van der Waals surface area contributed by atoms with E-state index < -0.39 is 17.7 Å². The van der Waals surface area contributed by atoms with Crippen molar-refractivity contribution in [3.8, 4) is 0 Å². The van der Waals surface area contributed by atoms with Crippen LogP contribution in [-0.4, -0.2) is 61.2 Å². The van der Waals surface area contributed by atoms with Gasteiger partial charge < -0.3 is 20.2 Å². The zero-order chi connectivity index (χ0) is 24.7. The number of urea groups is 1. The standard InChI is InChI=1S/C24H27ClFN5O4/c25-16-6-14(7-17(26)10-16)12-27-24(35)29-4-5-30-20(13-29)11-21(28-30)22(32)31-18-2-1-3-19(31)9-15(8-18)23(33)34/h6-7,10-11,15,18-19H,1-5,8-9,12-13H2,(H,27,35)(H,33,34). The van der Waals surface area contributed by atoms with Gasteiger partial charge in [0.25, 0.3) is 5.91 Å². The predicted molar refractivity (Wildman–Crippen MR) is 124 cm³/mol. The fraction of sp³-hybridized carbons (Fsp3) is 0.500. The molecule has 11 heteroatoms. The SMILES string of the molecule is O=C(O)C1CC2CCCC(C1)N2C(=O)c1cc2n(n1)CCN(C(=O)NCc1cc(F)cc(Cl)c1)C2. The van der Waals surface area contributed by atoms with E-state index in [0.717, 1.165) is 25.0 Å². The van der Waals surface area contributed by atoms with Crippen molar-refractivity contribution in [3.63, 3.8) is 0 Å². The maximum absolute atomic E-state index is 13.5. The molecule has 35 heavy (non-hydrogen) atoms. The van der Waals surface area contributed by atoms with Crippen LogP contribution in [0.1, 0.15) is 53.8 Å². The summed E-state index contributed by atoms with van der Waals surface area (Å²) in [6.07, 6.45) is 3.58. The molecule has 2 saturated heterocycles. The molecule has 2 bridgehead atoms. The molecule has 0 saturated carbocycles. The van der Waals surface area contributed by atoms with Crippen molar-refractivity contribution in [2.24, 2.45) is 5.92 Å². The Bertz CT molecular complexity index is 1140. The minimum Gasteiger partial charge on any atom is -0.481 e. The first-order chi connectivity index (χ1) is 16.8. The lowest BCUT2D eigenvalue weighted by Crippen LogP contribution is -2.55. The number of hydrogen-bond donors (Lipinski definition) is 2. The number of fused-ring (bicyclic) bond motifs is 3. The van der Waals surface area contributed by atoms with Gasteiger partial charge in [0.05, 0.1) is 24.7 Å². The van der Waals surface area contributed by atoms with Crippen LogP contribution < -0.4 is 5.32 Å². The van der Waals surface area contributed by atoms with E-state index in [1.807, 2.05) is 4.90 Å². The molecule has 3 amide bonds. The second-order valence-corrected chi connectivity index (χ2v) is 10.00. The zero-order valence-corrected chi connectivity index (χ0v) is 19.9. The minimum atomic E-state index is -0.787. The highest BCUT2D eigenvalue weighted by atomic mass is 35.5. The lowest BCUT2D eigenvalue weighted by Gasteiger charge is -2.47. The first-order valence-electron chi connectivity index (χ1n) is 11.9. The third-order valence-electron chi connectivity index (χ3n) is 7.23. The summed E-state index contributed by atoms with van der Waals surface area (Å²) in [5.74, 6) is -1.81.